The van der Waals surface area contributed by atoms with Gasteiger partial charge in [-0.2, -0.15) is 0 Å². The van der Waals surface area contributed by atoms with Crippen molar-refractivity contribution in [3.8, 4) is 0 Å². The maximum Gasteiger partial charge on any atom is 0.0890 e. The number of nitrogens with zero attached hydrogens (tertiary/aromatic N) is 2. The molecule has 1 saturated carbocycles. The number of hydrogen-bond acceptors (Lipinski definition) is 4. The summed E-state index contributed by atoms with van der Waals surface area (Å²) in [5, 5.41) is 19.2. The molecular formula is C9H10N2O2. The minimum absolute atomic E-state index is 0.00343. The number of hydrogen-bond donors (Lipinski definition) is 2. The molecule has 2 bridgehead atoms. The van der Waals surface area contributed by atoms with Crippen molar-refractivity contribution >= 4 is 0 Å². The van der Waals surface area contributed by atoms with E-state index in [9.17, 15) is 10.2 Å². The summed E-state index contributed by atoms with van der Waals surface area (Å²) in [5.74, 6) is 0.00685. The van der Waals surface area contributed by atoms with E-state index in [-0.39, 0.29) is 11.8 Å². The molecule has 0 saturated heterocycles. The van der Waals surface area contributed by atoms with Crippen LogP contribution in [0.5, 0.6) is 0 Å². The van der Waals surface area contributed by atoms with Crippen molar-refractivity contribution in [3.63, 3.8) is 0 Å². The predicted octanol–water partition coefficient (Wildman–Crippen LogP) is -0.217. The molecule has 1 heterocycles. The molecule has 2 N–H and O–H groups in total. The van der Waals surface area contributed by atoms with Gasteiger partial charge in [-0.1, -0.05) is 0 Å². The molecule has 0 aliphatic heterocycles. The lowest BCUT2D eigenvalue weighted by Gasteiger charge is -2.23. The van der Waals surface area contributed by atoms with E-state index in [1.54, 1.807) is 12.4 Å². The van der Waals surface area contributed by atoms with E-state index >= 15 is 0 Å². The van der Waals surface area contributed by atoms with Crippen molar-refractivity contribution in [3.05, 3.63) is 23.8 Å². The average molecular weight is 178 g/mol. The maximum absolute atomic E-state index is 9.62. The zero-order valence-electron chi connectivity index (χ0n) is 6.96. The lowest BCUT2D eigenvalue weighted by molar-refractivity contribution is 0.0199. The molecule has 68 valence electrons. The van der Waals surface area contributed by atoms with Crippen molar-refractivity contribution in [1.29, 1.82) is 0 Å². The molecular weight excluding hydrogens is 168 g/mol. The molecule has 1 aromatic heterocycles. The van der Waals surface area contributed by atoms with Crippen LogP contribution in [0.1, 0.15) is 29.6 Å². The van der Waals surface area contributed by atoms with Gasteiger partial charge in [-0.15, -0.1) is 0 Å². The Labute approximate surface area is 75.3 Å². The van der Waals surface area contributed by atoms with Crippen molar-refractivity contribution in [2.75, 3.05) is 0 Å². The zero-order valence-corrected chi connectivity index (χ0v) is 6.96. The monoisotopic (exact) mass is 178 g/mol. The van der Waals surface area contributed by atoms with Crippen LogP contribution in [0.3, 0.4) is 0 Å². The predicted molar refractivity (Wildman–Crippen MR) is 44.1 cm³/mol. The third kappa shape index (κ3) is 0.771. The Morgan fingerprint density at radius 3 is 1.92 bits per heavy atom. The number of aliphatic hydroxyl groups is 2. The Bertz CT molecular complexity index is 322. The Morgan fingerprint density at radius 1 is 1.00 bits per heavy atom. The fraction of sp³-hybridized carbons (Fsp3) is 0.556. The van der Waals surface area contributed by atoms with E-state index in [1.807, 2.05) is 0 Å². The zero-order chi connectivity index (χ0) is 9.00. The summed E-state index contributed by atoms with van der Waals surface area (Å²) >= 11 is 0. The molecule has 4 heteroatoms. The molecule has 4 nitrogen and oxygen atoms in total. The number of aromatic nitrogens is 2. The summed E-state index contributed by atoms with van der Waals surface area (Å²) in [6, 6.07) is 0. The fourth-order valence-electron chi connectivity index (χ4n) is 2.51. The van der Waals surface area contributed by atoms with Crippen LogP contribution >= 0.6 is 0 Å². The molecule has 0 aromatic carbocycles. The molecule has 0 unspecified atom stereocenters. The van der Waals surface area contributed by atoms with Gasteiger partial charge in [-0.25, -0.2) is 0 Å². The van der Waals surface area contributed by atoms with Crippen LogP contribution in [0.25, 0.3) is 0 Å². The second-order valence-electron chi connectivity index (χ2n) is 3.76. The Morgan fingerprint density at radius 2 is 1.46 bits per heavy atom. The molecule has 2 aliphatic carbocycles. The first-order valence-corrected chi connectivity index (χ1v) is 4.46. The fourth-order valence-corrected chi connectivity index (χ4v) is 2.51. The van der Waals surface area contributed by atoms with Gasteiger partial charge < -0.3 is 10.2 Å². The van der Waals surface area contributed by atoms with E-state index in [2.05, 4.69) is 9.97 Å². The van der Waals surface area contributed by atoms with Crippen LogP contribution in [0, 0.1) is 0 Å². The van der Waals surface area contributed by atoms with Gasteiger partial charge in [0, 0.05) is 24.2 Å². The van der Waals surface area contributed by atoms with E-state index in [0.717, 1.165) is 17.8 Å². The standard InChI is InChI=1S/C9H10N2O2/c12-8-4-3-5(9(8)13)7-6(4)10-1-2-11-7/h1-2,4-5,8-9,12-13H,3H2/t4-,5+,8-,9+. The summed E-state index contributed by atoms with van der Waals surface area (Å²) in [7, 11) is 0. The smallest absolute Gasteiger partial charge is 0.0890 e. The maximum atomic E-state index is 9.62. The highest BCUT2D eigenvalue weighted by Gasteiger charge is 2.51. The van der Waals surface area contributed by atoms with Gasteiger partial charge in [0.1, 0.15) is 0 Å². The first-order chi connectivity index (χ1) is 6.29. The summed E-state index contributed by atoms with van der Waals surface area (Å²) in [6.45, 7) is 0. The van der Waals surface area contributed by atoms with E-state index in [4.69, 9.17) is 0 Å². The van der Waals surface area contributed by atoms with Crippen LogP contribution in [0.2, 0.25) is 0 Å². The molecule has 1 fully saturated rings. The molecule has 1 aromatic rings. The molecule has 13 heavy (non-hydrogen) atoms. The van der Waals surface area contributed by atoms with Gasteiger partial charge in [0.15, 0.2) is 0 Å². The van der Waals surface area contributed by atoms with Gasteiger partial charge in [-0.05, 0) is 6.42 Å². The quantitative estimate of drug-likeness (QED) is 0.576. The minimum atomic E-state index is -0.644. The van der Waals surface area contributed by atoms with Crippen molar-refractivity contribution < 1.29 is 10.2 Å². The topological polar surface area (TPSA) is 66.2 Å². The summed E-state index contributed by atoms with van der Waals surface area (Å²) in [6.07, 6.45) is 2.78. The van der Waals surface area contributed by atoms with Crippen LogP contribution in [0.4, 0.5) is 0 Å². The van der Waals surface area contributed by atoms with Crippen molar-refractivity contribution in [1.82, 2.24) is 9.97 Å². The van der Waals surface area contributed by atoms with E-state index < -0.39 is 12.2 Å². The van der Waals surface area contributed by atoms with Crippen LogP contribution in [0.15, 0.2) is 12.4 Å². The molecule has 0 radical (unpaired) electrons. The second-order valence-corrected chi connectivity index (χ2v) is 3.76. The molecule has 2 aliphatic rings. The first kappa shape index (κ1) is 7.41. The molecule has 0 amide bonds. The SMILES string of the molecule is O[C@@H]1[C@H](O)[C@@H]2C[C@H]1c1nccnc12. The average Bonchev–Trinajstić information content (AvgIpc) is 2.66. The number of rotatable bonds is 0. The molecule has 0 spiro atoms. The normalized spacial score (nSPS) is 40.8. The van der Waals surface area contributed by atoms with Crippen molar-refractivity contribution in [2.24, 2.45) is 0 Å². The second kappa shape index (κ2) is 2.27. The van der Waals surface area contributed by atoms with Gasteiger partial charge in [0.2, 0.25) is 0 Å². The summed E-state index contributed by atoms with van der Waals surface area (Å²) in [5.41, 5.74) is 1.76. The lowest BCUT2D eigenvalue weighted by atomic mass is 9.95. The van der Waals surface area contributed by atoms with Gasteiger partial charge in [0.25, 0.3) is 0 Å². The van der Waals surface area contributed by atoms with Crippen LogP contribution in [-0.4, -0.2) is 32.4 Å². The Hall–Kier alpha value is -1.00. The summed E-state index contributed by atoms with van der Waals surface area (Å²) in [4.78, 5) is 8.39. The third-order valence-corrected chi connectivity index (χ3v) is 3.14. The van der Waals surface area contributed by atoms with Crippen LogP contribution in [-0.2, 0) is 0 Å². The molecule has 4 atom stereocenters. The minimum Gasteiger partial charge on any atom is -0.390 e. The number of aliphatic hydroxyl groups excluding tert-OH is 2. The highest BCUT2D eigenvalue weighted by Crippen LogP contribution is 2.51. The summed E-state index contributed by atoms with van der Waals surface area (Å²) < 4.78 is 0. The largest absolute Gasteiger partial charge is 0.390 e. The van der Waals surface area contributed by atoms with Crippen molar-refractivity contribution in [2.45, 2.75) is 30.5 Å². The Balaban J connectivity index is 2.16. The number of fused-ring (bicyclic) bond motifs is 5. The lowest BCUT2D eigenvalue weighted by Crippen LogP contribution is -2.32. The van der Waals surface area contributed by atoms with Gasteiger partial charge in [0.05, 0.1) is 23.6 Å². The third-order valence-electron chi connectivity index (χ3n) is 3.14. The van der Waals surface area contributed by atoms with E-state index in [0.29, 0.717) is 0 Å². The first-order valence-electron chi connectivity index (χ1n) is 4.46. The molecule has 3 rings (SSSR count). The van der Waals surface area contributed by atoms with E-state index in [1.165, 1.54) is 0 Å². The van der Waals surface area contributed by atoms with Gasteiger partial charge >= 0.3 is 0 Å². The van der Waals surface area contributed by atoms with Gasteiger partial charge in [-0.3, -0.25) is 9.97 Å². The highest BCUT2D eigenvalue weighted by atomic mass is 16.3. The highest BCUT2D eigenvalue weighted by molar-refractivity contribution is 5.34. The van der Waals surface area contributed by atoms with Crippen LogP contribution < -0.4 is 0 Å². The Kier molecular flexibility index (Phi) is 1.30.